The van der Waals surface area contributed by atoms with Crippen LogP contribution in [-0.2, 0) is 6.42 Å². The summed E-state index contributed by atoms with van der Waals surface area (Å²) < 4.78 is 10.7. The first-order valence-electron chi connectivity index (χ1n) is 5.75. The van der Waals surface area contributed by atoms with E-state index in [1.165, 1.54) is 0 Å². The van der Waals surface area contributed by atoms with Gasteiger partial charge in [-0.25, -0.2) is 0 Å². The summed E-state index contributed by atoms with van der Waals surface area (Å²) in [6.07, 6.45) is 0.220. The molecule has 0 aliphatic carbocycles. The van der Waals surface area contributed by atoms with Crippen LogP contribution in [0.3, 0.4) is 0 Å². The van der Waals surface area contributed by atoms with E-state index in [1.54, 1.807) is 21.3 Å². The van der Waals surface area contributed by atoms with E-state index in [4.69, 9.17) is 9.47 Å². The largest absolute Gasteiger partial charge is 0.496 e. The van der Waals surface area contributed by atoms with E-state index in [0.717, 1.165) is 29.0 Å². The molecule has 0 aliphatic rings. The van der Waals surface area contributed by atoms with E-state index < -0.39 is 6.10 Å². The Morgan fingerprint density at radius 3 is 2.47 bits per heavy atom. The van der Waals surface area contributed by atoms with Crippen molar-refractivity contribution in [3.63, 3.8) is 0 Å². The highest BCUT2D eigenvalue weighted by molar-refractivity contribution is 5.51. The maximum absolute atomic E-state index is 10.0. The van der Waals surface area contributed by atoms with E-state index in [2.05, 4.69) is 5.32 Å². The van der Waals surface area contributed by atoms with Crippen molar-refractivity contribution in [2.75, 3.05) is 27.8 Å². The van der Waals surface area contributed by atoms with Crippen molar-refractivity contribution in [1.29, 1.82) is 0 Å². The molecule has 1 unspecified atom stereocenters. The first kappa shape index (κ1) is 13.8. The highest BCUT2D eigenvalue weighted by atomic mass is 16.5. The summed E-state index contributed by atoms with van der Waals surface area (Å²) in [6.45, 7) is 2.53. The van der Waals surface area contributed by atoms with Gasteiger partial charge in [-0.1, -0.05) is 6.92 Å². The smallest absolute Gasteiger partial charge is 0.131 e. The number of nitrogens with one attached hydrogen (secondary N) is 1. The Balaban J connectivity index is 3.22. The van der Waals surface area contributed by atoms with Crippen molar-refractivity contribution >= 4 is 0 Å². The lowest BCUT2D eigenvalue weighted by atomic mass is 10.0. The molecule has 1 atom stereocenters. The molecule has 0 radical (unpaired) electrons. The van der Waals surface area contributed by atoms with Crippen LogP contribution in [0.4, 0.5) is 0 Å². The van der Waals surface area contributed by atoms with Crippen LogP contribution in [0.2, 0.25) is 0 Å². The van der Waals surface area contributed by atoms with Gasteiger partial charge in [-0.2, -0.15) is 0 Å². The Kier molecular flexibility index (Phi) is 5.25. The van der Waals surface area contributed by atoms with Gasteiger partial charge in [0.05, 0.1) is 20.3 Å². The van der Waals surface area contributed by atoms with Crippen LogP contribution >= 0.6 is 0 Å². The summed E-state index contributed by atoms with van der Waals surface area (Å²) in [7, 11) is 5.06. The maximum Gasteiger partial charge on any atom is 0.131 e. The lowest BCUT2D eigenvalue weighted by molar-refractivity contribution is 0.173. The number of aliphatic hydroxyl groups is 1. The molecule has 0 saturated heterocycles. The quantitative estimate of drug-likeness (QED) is 0.790. The van der Waals surface area contributed by atoms with Crippen LogP contribution in [0, 0.1) is 0 Å². The Bertz CT molecular complexity index is 366. The second kappa shape index (κ2) is 6.47. The second-order valence-electron chi connectivity index (χ2n) is 3.80. The molecule has 0 heterocycles. The summed E-state index contributed by atoms with van der Waals surface area (Å²) in [6, 6.07) is 3.72. The molecule has 1 aromatic carbocycles. The normalized spacial score (nSPS) is 12.3. The maximum atomic E-state index is 10.0. The van der Waals surface area contributed by atoms with E-state index >= 15 is 0 Å². The van der Waals surface area contributed by atoms with Gasteiger partial charge in [0.25, 0.3) is 0 Å². The van der Waals surface area contributed by atoms with Gasteiger partial charge >= 0.3 is 0 Å². The third-order valence-electron chi connectivity index (χ3n) is 2.78. The fourth-order valence-electron chi connectivity index (χ4n) is 1.96. The molecule has 0 saturated carbocycles. The summed E-state index contributed by atoms with van der Waals surface area (Å²) in [4.78, 5) is 0. The lowest BCUT2D eigenvalue weighted by Crippen LogP contribution is -2.17. The molecule has 4 heteroatoms. The van der Waals surface area contributed by atoms with Gasteiger partial charge in [-0.3, -0.25) is 0 Å². The topological polar surface area (TPSA) is 50.7 Å². The van der Waals surface area contributed by atoms with E-state index in [-0.39, 0.29) is 0 Å². The van der Waals surface area contributed by atoms with Crippen LogP contribution in [0.1, 0.15) is 24.2 Å². The number of ether oxygens (including phenoxy) is 2. The number of rotatable bonds is 6. The van der Waals surface area contributed by atoms with Crippen LogP contribution in [-0.4, -0.2) is 32.9 Å². The zero-order valence-corrected chi connectivity index (χ0v) is 10.9. The number of benzene rings is 1. The molecule has 1 aromatic rings. The van der Waals surface area contributed by atoms with Gasteiger partial charge in [0.15, 0.2) is 0 Å². The van der Waals surface area contributed by atoms with Crippen molar-refractivity contribution in [1.82, 2.24) is 5.32 Å². The monoisotopic (exact) mass is 239 g/mol. The Morgan fingerprint density at radius 1 is 1.29 bits per heavy atom. The van der Waals surface area contributed by atoms with Gasteiger partial charge in [-0.15, -0.1) is 0 Å². The van der Waals surface area contributed by atoms with E-state index in [1.807, 2.05) is 19.1 Å². The van der Waals surface area contributed by atoms with Crippen LogP contribution in [0.25, 0.3) is 0 Å². The molecule has 1 rings (SSSR count). The fraction of sp³-hybridized carbons (Fsp3) is 0.538. The zero-order valence-electron chi connectivity index (χ0n) is 10.9. The number of likely N-dealkylation sites (N-methyl/N-ethyl adjacent to an activating group) is 1. The predicted molar refractivity (Wildman–Crippen MR) is 67.8 cm³/mol. The first-order chi connectivity index (χ1) is 8.19. The van der Waals surface area contributed by atoms with Crippen molar-refractivity contribution in [2.24, 2.45) is 0 Å². The molecule has 0 aromatic heterocycles. The van der Waals surface area contributed by atoms with Gasteiger partial charge in [0, 0.05) is 17.7 Å². The molecule has 0 amide bonds. The van der Waals surface area contributed by atoms with Gasteiger partial charge in [-0.05, 0) is 25.6 Å². The van der Waals surface area contributed by atoms with Crippen LogP contribution < -0.4 is 14.8 Å². The Morgan fingerprint density at radius 2 is 2.00 bits per heavy atom. The summed E-state index contributed by atoms with van der Waals surface area (Å²) in [5.41, 5.74) is 1.78. The number of aliphatic hydroxyl groups excluding tert-OH is 1. The molecule has 0 fully saturated rings. The average molecular weight is 239 g/mol. The first-order valence-corrected chi connectivity index (χ1v) is 5.75. The third kappa shape index (κ3) is 2.90. The Labute approximate surface area is 103 Å². The van der Waals surface area contributed by atoms with Gasteiger partial charge < -0.3 is 19.9 Å². The molecule has 0 spiro atoms. The van der Waals surface area contributed by atoms with Crippen molar-refractivity contribution in [2.45, 2.75) is 19.4 Å². The van der Waals surface area contributed by atoms with E-state index in [0.29, 0.717) is 6.54 Å². The molecular weight excluding hydrogens is 218 g/mol. The van der Waals surface area contributed by atoms with Gasteiger partial charge in [0.1, 0.15) is 11.5 Å². The van der Waals surface area contributed by atoms with Gasteiger partial charge in [0.2, 0.25) is 0 Å². The summed E-state index contributed by atoms with van der Waals surface area (Å²) in [5.74, 6) is 1.51. The highest BCUT2D eigenvalue weighted by Gasteiger charge is 2.18. The van der Waals surface area contributed by atoms with Crippen LogP contribution in [0.15, 0.2) is 12.1 Å². The second-order valence-corrected chi connectivity index (χ2v) is 3.80. The minimum Gasteiger partial charge on any atom is -0.496 e. The molecule has 17 heavy (non-hydrogen) atoms. The number of methoxy groups -OCH3 is 2. The summed E-state index contributed by atoms with van der Waals surface area (Å²) >= 11 is 0. The Hall–Kier alpha value is -1.26. The van der Waals surface area contributed by atoms with Crippen molar-refractivity contribution in [3.05, 3.63) is 23.3 Å². The molecule has 0 bridgehead atoms. The number of hydrogen-bond acceptors (Lipinski definition) is 4. The molecule has 0 aliphatic heterocycles. The standard InChI is InChI=1S/C13H21NO3/c1-5-9-12(16-3)7-6-10(13(9)17-4)11(15)8-14-2/h6-7,11,14-15H,5,8H2,1-4H3. The number of hydrogen-bond donors (Lipinski definition) is 2. The third-order valence-corrected chi connectivity index (χ3v) is 2.78. The van der Waals surface area contributed by atoms with Crippen molar-refractivity contribution < 1.29 is 14.6 Å². The highest BCUT2D eigenvalue weighted by Crippen LogP contribution is 2.35. The van der Waals surface area contributed by atoms with Crippen LogP contribution in [0.5, 0.6) is 11.5 Å². The minimum absolute atomic E-state index is 0.492. The molecular formula is C13H21NO3. The van der Waals surface area contributed by atoms with E-state index in [9.17, 15) is 5.11 Å². The minimum atomic E-state index is -0.578. The SMILES string of the molecule is CCc1c(OC)ccc(C(O)CNC)c1OC. The zero-order chi connectivity index (χ0) is 12.8. The molecule has 4 nitrogen and oxygen atoms in total. The van der Waals surface area contributed by atoms with Crippen molar-refractivity contribution in [3.8, 4) is 11.5 Å². The summed E-state index contributed by atoms with van der Waals surface area (Å²) in [5, 5.41) is 13.0. The fourth-order valence-corrected chi connectivity index (χ4v) is 1.96. The molecule has 2 N–H and O–H groups in total. The average Bonchev–Trinajstić information content (AvgIpc) is 2.36. The molecule has 96 valence electrons. The lowest BCUT2D eigenvalue weighted by Gasteiger charge is -2.19. The predicted octanol–water partition coefficient (Wildman–Crippen LogP) is 1.52.